The Labute approximate surface area is 212 Å². The standard InChI is InChI=1S/C26H25FN8O2/c1-35(2)22-10-6-4-8-17(22)25(36)33-21-15-32-24(34-23(21)29)19(28)13-20(26-30-11-12-37-26)31-14-16-7-3-5-9-18(16)27/h3-13,15H,14,28H2,1-2H3,(H,33,36)(H2,29,32,34). The van der Waals surface area contributed by atoms with Crippen LogP contribution in [0.1, 0.15) is 27.6 Å². The van der Waals surface area contributed by atoms with Crippen molar-refractivity contribution in [2.75, 3.05) is 30.0 Å². The number of rotatable bonds is 8. The molecule has 0 aliphatic heterocycles. The SMILES string of the molecule is CN(C)c1ccccc1C(=O)Nc1cnc(C(N)=CC(=NCc2ccccc2F)c2ncco2)nc1N. The van der Waals surface area contributed by atoms with Gasteiger partial charge in [-0.3, -0.25) is 9.79 Å². The van der Waals surface area contributed by atoms with Crippen LogP contribution in [-0.4, -0.2) is 40.7 Å². The Morgan fingerprint density at radius 1 is 1.16 bits per heavy atom. The summed E-state index contributed by atoms with van der Waals surface area (Å²) in [6.45, 7) is 0.0382. The Morgan fingerprint density at radius 2 is 1.92 bits per heavy atom. The minimum Gasteiger partial charge on any atom is -0.443 e. The van der Waals surface area contributed by atoms with Crippen LogP contribution in [-0.2, 0) is 6.54 Å². The maximum absolute atomic E-state index is 14.0. The van der Waals surface area contributed by atoms with Gasteiger partial charge in [-0.2, -0.15) is 0 Å². The number of carbonyl (C=O) groups excluding carboxylic acids is 1. The zero-order valence-corrected chi connectivity index (χ0v) is 20.2. The molecule has 1 amide bonds. The number of benzene rings is 2. The number of oxazole rings is 1. The van der Waals surface area contributed by atoms with Gasteiger partial charge in [-0.05, 0) is 24.3 Å². The van der Waals surface area contributed by atoms with E-state index in [4.69, 9.17) is 15.9 Å². The first-order valence-electron chi connectivity index (χ1n) is 11.2. The lowest BCUT2D eigenvalue weighted by atomic mass is 10.1. The Balaban J connectivity index is 1.57. The molecule has 0 fully saturated rings. The number of nitrogens with zero attached hydrogens (tertiary/aromatic N) is 5. The number of halogens is 1. The fourth-order valence-corrected chi connectivity index (χ4v) is 3.41. The molecule has 0 radical (unpaired) electrons. The van der Waals surface area contributed by atoms with Crippen LogP contribution in [0.15, 0.2) is 82.7 Å². The van der Waals surface area contributed by atoms with Gasteiger partial charge < -0.3 is 26.1 Å². The Morgan fingerprint density at radius 3 is 2.62 bits per heavy atom. The monoisotopic (exact) mass is 500 g/mol. The Kier molecular flexibility index (Phi) is 7.53. The number of carbonyl (C=O) groups is 1. The van der Waals surface area contributed by atoms with Crippen LogP contribution in [0.5, 0.6) is 0 Å². The van der Waals surface area contributed by atoms with Gasteiger partial charge in [0.05, 0.1) is 30.2 Å². The molecule has 4 aromatic rings. The van der Waals surface area contributed by atoms with E-state index >= 15 is 0 Å². The van der Waals surface area contributed by atoms with Crippen LogP contribution in [0, 0.1) is 5.82 Å². The van der Waals surface area contributed by atoms with Crippen LogP contribution in [0.3, 0.4) is 0 Å². The number of amides is 1. The number of allylic oxidation sites excluding steroid dienone is 1. The summed E-state index contributed by atoms with van der Waals surface area (Å²) in [7, 11) is 3.69. The largest absolute Gasteiger partial charge is 0.443 e. The van der Waals surface area contributed by atoms with E-state index in [1.807, 2.05) is 31.1 Å². The van der Waals surface area contributed by atoms with Gasteiger partial charge in [0.15, 0.2) is 11.6 Å². The first-order valence-corrected chi connectivity index (χ1v) is 11.2. The summed E-state index contributed by atoms with van der Waals surface area (Å²) in [6.07, 6.45) is 5.68. The summed E-state index contributed by atoms with van der Waals surface area (Å²) in [4.78, 5) is 31.7. The molecule has 0 aliphatic carbocycles. The first-order chi connectivity index (χ1) is 17.8. The number of nitrogen functional groups attached to an aromatic ring is 1. The second kappa shape index (κ2) is 11.1. The number of anilines is 3. The van der Waals surface area contributed by atoms with Crippen molar-refractivity contribution in [3.63, 3.8) is 0 Å². The number of aromatic nitrogens is 3. The third-order valence-corrected chi connectivity index (χ3v) is 5.28. The highest BCUT2D eigenvalue weighted by molar-refractivity contribution is 6.10. The van der Waals surface area contributed by atoms with Crippen LogP contribution in [0.4, 0.5) is 21.6 Å². The predicted molar refractivity (Wildman–Crippen MR) is 140 cm³/mol. The van der Waals surface area contributed by atoms with Gasteiger partial charge in [0.1, 0.15) is 23.5 Å². The van der Waals surface area contributed by atoms with Crippen molar-refractivity contribution < 1.29 is 13.6 Å². The second-order valence-electron chi connectivity index (χ2n) is 8.09. The first kappa shape index (κ1) is 25.0. The smallest absolute Gasteiger partial charge is 0.257 e. The molecule has 0 saturated carbocycles. The van der Waals surface area contributed by atoms with Crippen molar-refractivity contribution >= 4 is 34.5 Å². The molecule has 0 bridgehead atoms. The Hall–Kier alpha value is -5.06. The normalized spacial score (nSPS) is 11.9. The van der Waals surface area contributed by atoms with Gasteiger partial charge in [-0.1, -0.05) is 30.3 Å². The van der Waals surface area contributed by atoms with Gasteiger partial charge in [0.25, 0.3) is 5.91 Å². The van der Waals surface area contributed by atoms with E-state index in [1.165, 1.54) is 30.8 Å². The summed E-state index contributed by atoms with van der Waals surface area (Å²) >= 11 is 0. The van der Waals surface area contributed by atoms with E-state index in [0.717, 1.165) is 5.69 Å². The average Bonchev–Trinajstić information content (AvgIpc) is 3.43. The number of nitrogens with two attached hydrogens (primary N) is 2. The molecule has 2 heterocycles. The average molecular weight is 501 g/mol. The fraction of sp³-hybridized carbons (Fsp3) is 0.115. The van der Waals surface area contributed by atoms with Gasteiger partial charge >= 0.3 is 0 Å². The molecule has 11 heteroatoms. The second-order valence-corrected chi connectivity index (χ2v) is 8.09. The number of hydrogen-bond donors (Lipinski definition) is 3. The zero-order valence-electron chi connectivity index (χ0n) is 20.2. The molecule has 0 spiro atoms. The maximum atomic E-state index is 14.0. The van der Waals surface area contributed by atoms with E-state index < -0.39 is 0 Å². The summed E-state index contributed by atoms with van der Waals surface area (Å²) in [5.41, 5.74) is 14.6. The molecular formula is C26H25FN8O2. The quantitative estimate of drug-likeness (QED) is 0.311. The molecule has 0 saturated heterocycles. The highest BCUT2D eigenvalue weighted by Gasteiger charge is 2.16. The summed E-state index contributed by atoms with van der Waals surface area (Å²) in [5.74, 6) is -0.415. The van der Waals surface area contributed by atoms with Gasteiger partial charge in [0.2, 0.25) is 5.89 Å². The van der Waals surface area contributed by atoms with Gasteiger partial charge in [-0.15, -0.1) is 0 Å². The minimum atomic E-state index is -0.378. The summed E-state index contributed by atoms with van der Waals surface area (Å²) < 4.78 is 19.4. The fourth-order valence-electron chi connectivity index (χ4n) is 3.41. The number of aliphatic imine (C=N–C) groups is 1. The van der Waals surface area contributed by atoms with Gasteiger partial charge in [-0.25, -0.2) is 19.3 Å². The van der Waals surface area contributed by atoms with Crippen molar-refractivity contribution in [3.8, 4) is 0 Å². The molecule has 2 aromatic heterocycles. The van der Waals surface area contributed by atoms with Crippen LogP contribution < -0.4 is 21.7 Å². The van der Waals surface area contributed by atoms with Crippen molar-refractivity contribution in [3.05, 3.63) is 102 Å². The molecule has 2 aromatic carbocycles. The van der Waals surface area contributed by atoms with E-state index in [2.05, 4.69) is 25.3 Å². The van der Waals surface area contributed by atoms with Crippen molar-refractivity contribution in [1.29, 1.82) is 0 Å². The lowest BCUT2D eigenvalue weighted by molar-refractivity contribution is 0.102. The van der Waals surface area contributed by atoms with E-state index in [0.29, 0.717) is 11.1 Å². The Bertz CT molecular complexity index is 1470. The van der Waals surface area contributed by atoms with Crippen molar-refractivity contribution in [2.45, 2.75) is 6.54 Å². The molecule has 5 N–H and O–H groups in total. The minimum absolute atomic E-state index is 0.0259. The van der Waals surface area contributed by atoms with E-state index in [-0.39, 0.29) is 52.9 Å². The lowest BCUT2D eigenvalue weighted by Gasteiger charge is -2.17. The maximum Gasteiger partial charge on any atom is 0.257 e. The van der Waals surface area contributed by atoms with Gasteiger partial charge in [0, 0.05) is 25.3 Å². The molecule has 4 rings (SSSR count). The third kappa shape index (κ3) is 5.96. The topological polar surface area (TPSA) is 149 Å². The lowest BCUT2D eigenvalue weighted by Crippen LogP contribution is -2.19. The van der Waals surface area contributed by atoms with Crippen LogP contribution >= 0.6 is 0 Å². The molecule has 10 nitrogen and oxygen atoms in total. The third-order valence-electron chi connectivity index (χ3n) is 5.28. The zero-order chi connectivity index (χ0) is 26.4. The molecular weight excluding hydrogens is 475 g/mol. The summed E-state index contributed by atoms with van der Waals surface area (Å²) in [5, 5.41) is 2.73. The van der Waals surface area contributed by atoms with Crippen molar-refractivity contribution in [2.24, 2.45) is 10.7 Å². The van der Waals surface area contributed by atoms with E-state index in [1.54, 1.807) is 30.3 Å². The van der Waals surface area contributed by atoms with Crippen LogP contribution in [0.25, 0.3) is 5.70 Å². The predicted octanol–water partition coefficient (Wildman–Crippen LogP) is 3.49. The van der Waals surface area contributed by atoms with Crippen LogP contribution in [0.2, 0.25) is 0 Å². The number of para-hydroxylation sites is 1. The molecule has 0 atom stereocenters. The number of hydrogen-bond acceptors (Lipinski definition) is 9. The van der Waals surface area contributed by atoms with E-state index in [9.17, 15) is 9.18 Å². The molecule has 188 valence electrons. The highest BCUT2D eigenvalue weighted by atomic mass is 19.1. The molecule has 0 aliphatic rings. The molecule has 37 heavy (non-hydrogen) atoms. The summed E-state index contributed by atoms with van der Waals surface area (Å²) in [6, 6.07) is 13.5. The highest BCUT2D eigenvalue weighted by Crippen LogP contribution is 2.22. The van der Waals surface area contributed by atoms with Crippen molar-refractivity contribution in [1.82, 2.24) is 15.0 Å². The number of nitrogens with one attached hydrogen (secondary N) is 1. The molecule has 0 unspecified atom stereocenters.